The van der Waals surface area contributed by atoms with E-state index in [0.29, 0.717) is 11.3 Å². The highest BCUT2D eigenvalue weighted by Crippen LogP contribution is 2.25. The van der Waals surface area contributed by atoms with E-state index in [4.69, 9.17) is 16.3 Å². The van der Waals surface area contributed by atoms with Crippen molar-refractivity contribution in [1.82, 2.24) is 18.7 Å². The third kappa shape index (κ3) is 2.62. The summed E-state index contributed by atoms with van der Waals surface area (Å²) in [5.41, 5.74) is -0.395. The Morgan fingerprint density at radius 2 is 1.77 bits per heavy atom. The monoisotopic (exact) mass is 376 g/mol. The van der Waals surface area contributed by atoms with Crippen LogP contribution in [0.25, 0.3) is 11.2 Å². The zero-order valence-electron chi connectivity index (χ0n) is 14.7. The second kappa shape index (κ2) is 6.45. The number of Topliss-reactive ketones (excluding diaryl/α,β-unsaturated/α-hetero) is 1. The number of halogens is 1. The highest BCUT2D eigenvalue weighted by Gasteiger charge is 2.25. The van der Waals surface area contributed by atoms with Crippen molar-refractivity contribution in [2.45, 2.75) is 13.0 Å². The molecule has 0 unspecified atom stereocenters. The fourth-order valence-electron chi connectivity index (χ4n) is 2.88. The zero-order chi connectivity index (χ0) is 19.2. The van der Waals surface area contributed by atoms with E-state index < -0.39 is 17.3 Å². The van der Waals surface area contributed by atoms with Crippen molar-refractivity contribution >= 4 is 28.5 Å². The molecule has 0 radical (unpaired) electrons. The van der Waals surface area contributed by atoms with Crippen LogP contribution in [0.15, 0.2) is 33.9 Å². The minimum Gasteiger partial charge on any atom is -0.497 e. The maximum Gasteiger partial charge on any atom is 0.332 e. The van der Waals surface area contributed by atoms with Gasteiger partial charge < -0.3 is 4.74 Å². The summed E-state index contributed by atoms with van der Waals surface area (Å²) in [7, 11) is 4.41. The van der Waals surface area contributed by atoms with Gasteiger partial charge in [0.05, 0.1) is 13.2 Å². The molecule has 9 heteroatoms. The third-order valence-electron chi connectivity index (χ3n) is 4.38. The lowest BCUT2D eigenvalue weighted by Crippen LogP contribution is -2.37. The fraction of sp³-hybridized carbons (Fsp3) is 0.294. The van der Waals surface area contributed by atoms with Crippen LogP contribution in [0.5, 0.6) is 5.75 Å². The van der Waals surface area contributed by atoms with E-state index in [-0.39, 0.29) is 22.2 Å². The first-order valence-electron chi connectivity index (χ1n) is 7.79. The molecule has 26 heavy (non-hydrogen) atoms. The van der Waals surface area contributed by atoms with Crippen molar-refractivity contribution in [1.29, 1.82) is 0 Å². The Bertz CT molecular complexity index is 1120. The molecule has 3 rings (SSSR count). The van der Waals surface area contributed by atoms with E-state index in [1.165, 1.54) is 30.3 Å². The average Bonchev–Trinajstić information content (AvgIpc) is 3.00. The molecule has 1 atom stereocenters. The second-order valence-corrected chi connectivity index (χ2v) is 6.24. The first-order chi connectivity index (χ1) is 12.3. The topological polar surface area (TPSA) is 88.1 Å². The molecule has 0 amide bonds. The summed E-state index contributed by atoms with van der Waals surface area (Å²) in [6.45, 7) is 1.64. The smallest absolute Gasteiger partial charge is 0.332 e. The molecule has 0 N–H and O–H groups in total. The molecule has 2 heterocycles. The number of rotatable bonds is 4. The molecule has 0 saturated carbocycles. The van der Waals surface area contributed by atoms with Crippen LogP contribution in [0.1, 0.15) is 23.3 Å². The van der Waals surface area contributed by atoms with Gasteiger partial charge in [0.1, 0.15) is 5.75 Å². The minimum absolute atomic E-state index is 0.0346. The molecule has 0 saturated heterocycles. The molecule has 136 valence electrons. The molecule has 0 bridgehead atoms. The van der Waals surface area contributed by atoms with Crippen LogP contribution in [-0.2, 0) is 14.1 Å². The normalized spacial score (nSPS) is 12.3. The molecule has 3 aromatic rings. The molecule has 1 aromatic carbocycles. The van der Waals surface area contributed by atoms with Gasteiger partial charge >= 0.3 is 5.69 Å². The summed E-state index contributed by atoms with van der Waals surface area (Å²) in [6.07, 6.45) is 0. The molecule has 0 fully saturated rings. The second-order valence-electron chi connectivity index (χ2n) is 5.90. The van der Waals surface area contributed by atoms with Gasteiger partial charge in [-0.15, -0.1) is 0 Å². The SMILES string of the molecule is COc1ccc(C(=O)[C@@H](C)n2c(Cl)nc3c(=O)n(C)c(=O)n(C)c32)cc1. The quantitative estimate of drug-likeness (QED) is 0.509. The van der Waals surface area contributed by atoms with Gasteiger partial charge in [-0.1, -0.05) is 0 Å². The Labute approximate surface area is 153 Å². The van der Waals surface area contributed by atoms with Gasteiger partial charge in [-0.2, -0.15) is 0 Å². The highest BCUT2D eigenvalue weighted by atomic mass is 35.5. The van der Waals surface area contributed by atoms with Gasteiger partial charge in [-0.3, -0.25) is 23.3 Å². The Morgan fingerprint density at radius 1 is 1.15 bits per heavy atom. The van der Waals surface area contributed by atoms with Crippen molar-refractivity contribution in [3.8, 4) is 5.75 Å². The van der Waals surface area contributed by atoms with E-state index >= 15 is 0 Å². The molecule has 8 nitrogen and oxygen atoms in total. The number of ketones is 1. The zero-order valence-corrected chi connectivity index (χ0v) is 15.4. The molecule has 2 aromatic heterocycles. The minimum atomic E-state index is -0.765. The Morgan fingerprint density at radius 3 is 2.35 bits per heavy atom. The third-order valence-corrected chi connectivity index (χ3v) is 4.65. The van der Waals surface area contributed by atoms with Gasteiger partial charge in [-0.05, 0) is 42.8 Å². The summed E-state index contributed by atoms with van der Waals surface area (Å²) < 4.78 is 8.69. The lowest BCUT2D eigenvalue weighted by Gasteiger charge is -2.16. The number of aryl methyl sites for hydroxylation is 1. The van der Waals surface area contributed by atoms with Crippen LogP contribution in [0, 0.1) is 0 Å². The lowest BCUT2D eigenvalue weighted by atomic mass is 10.1. The van der Waals surface area contributed by atoms with Crippen LogP contribution in [-0.4, -0.2) is 31.6 Å². The summed E-state index contributed by atoms with van der Waals surface area (Å²) in [5.74, 6) is 0.396. The number of imidazole rings is 1. The highest BCUT2D eigenvalue weighted by molar-refractivity contribution is 6.29. The van der Waals surface area contributed by atoms with Gasteiger partial charge in [0.25, 0.3) is 5.56 Å². The molecule has 0 aliphatic rings. The van der Waals surface area contributed by atoms with Crippen LogP contribution in [0.2, 0.25) is 5.28 Å². The lowest BCUT2D eigenvalue weighted by molar-refractivity contribution is 0.0936. The van der Waals surface area contributed by atoms with Crippen LogP contribution < -0.4 is 16.0 Å². The number of methoxy groups -OCH3 is 1. The molecule has 0 spiro atoms. The fourth-order valence-corrected chi connectivity index (χ4v) is 3.19. The van der Waals surface area contributed by atoms with Gasteiger partial charge in [0.15, 0.2) is 16.9 Å². The van der Waals surface area contributed by atoms with Crippen LogP contribution in [0.4, 0.5) is 0 Å². The number of carbonyl (C=O) groups is 1. The number of hydrogen-bond acceptors (Lipinski definition) is 5. The predicted octanol–water partition coefficient (Wildman–Crippen LogP) is 1.54. The van der Waals surface area contributed by atoms with Gasteiger partial charge in [0, 0.05) is 19.7 Å². The van der Waals surface area contributed by atoms with Crippen molar-refractivity contribution in [3.05, 3.63) is 56.0 Å². The standard InChI is InChI=1S/C17H17ClN4O4/c1-9(13(23)10-5-7-11(26-4)8-6-10)22-14-12(19-16(22)18)15(24)21(3)17(25)20(14)2/h5-9H,1-4H3/t9-/m1/s1. The predicted molar refractivity (Wildman–Crippen MR) is 97.3 cm³/mol. The largest absolute Gasteiger partial charge is 0.497 e. The number of carbonyl (C=O) groups excluding carboxylic acids is 1. The molecule has 0 aliphatic heterocycles. The Hall–Kier alpha value is -2.87. The van der Waals surface area contributed by atoms with Gasteiger partial charge in [0.2, 0.25) is 5.28 Å². The summed E-state index contributed by atoms with van der Waals surface area (Å²) >= 11 is 6.21. The average molecular weight is 377 g/mol. The number of hydrogen-bond donors (Lipinski definition) is 0. The maximum atomic E-state index is 12.9. The first kappa shape index (κ1) is 17.9. The summed E-state index contributed by atoms with van der Waals surface area (Å²) in [6, 6.07) is 5.88. The van der Waals surface area contributed by atoms with Crippen molar-refractivity contribution < 1.29 is 9.53 Å². The number of benzene rings is 1. The number of aromatic nitrogens is 4. The van der Waals surface area contributed by atoms with E-state index in [2.05, 4.69) is 4.98 Å². The van der Waals surface area contributed by atoms with Crippen LogP contribution in [0.3, 0.4) is 0 Å². The molecule has 0 aliphatic carbocycles. The van der Waals surface area contributed by atoms with Crippen LogP contribution >= 0.6 is 11.6 Å². The van der Waals surface area contributed by atoms with Crippen molar-refractivity contribution in [2.75, 3.05) is 7.11 Å². The Balaban J connectivity index is 2.18. The Kier molecular flexibility index (Phi) is 4.45. The van der Waals surface area contributed by atoms with E-state index in [0.717, 1.165) is 4.57 Å². The van der Waals surface area contributed by atoms with Crippen molar-refractivity contribution in [2.24, 2.45) is 14.1 Å². The number of fused-ring (bicyclic) bond motifs is 1. The van der Waals surface area contributed by atoms with Gasteiger partial charge in [-0.25, -0.2) is 9.78 Å². The number of ether oxygens (including phenoxy) is 1. The van der Waals surface area contributed by atoms with Crippen molar-refractivity contribution in [3.63, 3.8) is 0 Å². The molecular formula is C17H17ClN4O4. The molecular weight excluding hydrogens is 360 g/mol. The van der Waals surface area contributed by atoms with E-state index in [1.807, 2.05) is 0 Å². The summed E-state index contributed by atoms with van der Waals surface area (Å²) in [5, 5.41) is -0.0346. The summed E-state index contributed by atoms with van der Waals surface area (Å²) in [4.78, 5) is 41.5. The number of nitrogens with zero attached hydrogens (tertiary/aromatic N) is 4. The van der Waals surface area contributed by atoms with E-state index in [1.54, 1.807) is 31.2 Å². The van der Waals surface area contributed by atoms with E-state index in [9.17, 15) is 14.4 Å². The first-order valence-corrected chi connectivity index (χ1v) is 8.17. The maximum absolute atomic E-state index is 12.9.